The largest absolute Gasteiger partial charge is 0.389 e. The zero-order valence-corrected chi connectivity index (χ0v) is 6.84. The summed E-state index contributed by atoms with van der Waals surface area (Å²) < 4.78 is 0. The van der Waals surface area contributed by atoms with E-state index >= 15 is 0 Å². The highest BCUT2D eigenvalue weighted by Gasteiger charge is 2.15. The predicted octanol–water partition coefficient (Wildman–Crippen LogP) is 1.44. The number of aliphatic hydroxyl groups excluding tert-OH is 1. The Kier molecular flexibility index (Phi) is 2.83. The fraction of sp³-hybridized carbons (Fsp3) is 0.667. The number of hydrogen-bond donors (Lipinski definition) is 1. The smallest absolute Gasteiger partial charge is 0.161 e. The Bertz CT molecular complexity index is 180. The molecular weight excluding hydrogens is 140 g/mol. The molecule has 62 valence electrons. The first kappa shape index (κ1) is 8.47. The van der Waals surface area contributed by atoms with Crippen LogP contribution in [0, 0.1) is 0 Å². The van der Waals surface area contributed by atoms with E-state index < -0.39 is 6.10 Å². The van der Waals surface area contributed by atoms with Crippen molar-refractivity contribution in [1.29, 1.82) is 0 Å². The fourth-order valence-corrected chi connectivity index (χ4v) is 1.35. The predicted molar refractivity (Wildman–Crippen MR) is 43.2 cm³/mol. The molecule has 0 aliphatic heterocycles. The molecule has 1 rings (SSSR count). The Morgan fingerprint density at radius 2 is 2.27 bits per heavy atom. The molecule has 0 saturated carbocycles. The molecule has 1 N–H and O–H groups in total. The van der Waals surface area contributed by atoms with Gasteiger partial charge in [-0.1, -0.05) is 6.08 Å². The van der Waals surface area contributed by atoms with Crippen molar-refractivity contribution in [3.8, 4) is 0 Å². The molecule has 0 aromatic heterocycles. The average Bonchev–Trinajstić information content (AvgIpc) is 2.13. The Labute approximate surface area is 66.9 Å². The molecule has 0 bridgehead atoms. The van der Waals surface area contributed by atoms with Crippen LogP contribution in [0.2, 0.25) is 0 Å². The van der Waals surface area contributed by atoms with Crippen LogP contribution < -0.4 is 0 Å². The van der Waals surface area contributed by atoms with Gasteiger partial charge in [0, 0.05) is 12.0 Å². The minimum absolute atomic E-state index is 0.123. The van der Waals surface area contributed by atoms with Crippen molar-refractivity contribution in [3.63, 3.8) is 0 Å². The summed E-state index contributed by atoms with van der Waals surface area (Å²) in [6.45, 7) is 1.65. The van der Waals surface area contributed by atoms with E-state index in [0.29, 0.717) is 12.0 Å². The maximum Gasteiger partial charge on any atom is 0.161 e. The van der Waals surface area contributed by atoms with Gasteiger partial charge >= 0.3 is 0 Å². The van der Waals surface area contributed by atoms with Gasteiger partial charge in [0.2, 0.25) is 0 Å². The van der Waals surface area contributed by atoms with Gasteiger partial charge in [0.05, 0.1) is 6.10 Å². The molecule has 0 fully saturated rings. The van der Waals surface area contributed by atoms with Gasteiger partial charge in [-0.2, -0.15) is 0 Å². The van der Waals surface area contributed by atoms with Crippen molar-refractivity contribution in [2.75, 3.05) is 0 Å². The summed E-state index contributed by atoms with van der Waals surface area (Å²) >= 11 is 0. The maximum absolute atomic E-state index is 11.2. The zero-order chi connectivity index (χ0) is 8.27. The highest BCUT2D eigenvalue weighted by atomic mass is 16.3. The summed E-state index contributed by atoms with van der Waals surface area (Å²) in [4.78, 5) is 11.2. The first-order valence-corrected chi connectivity index (χ1v) is 4.13. The highest BCUT2D eigenvalue weighted by molar-refractivity contribution is 5.96. The van der Waals surface area contributed by atoms with Crippen molar-refractivity contribution in [3.05, 3.63) is 11.6 Å². The van der Waals surface area contributed by atoms with Gasteiger partial charge < -0.3 is 5.11 Å². The number of carbonyl (C=O) groups excluding carboxylic acids is 1. The minimum atomic E-state index is -0.583. The molecule has 0 saturated heterocycles. The van der Waals surface area contributed by atoms with Crippen LogP contribution in [0.3, 0.4) is 0 Å². The van der Waals surface area contributed by atoms with Crippen LogP contribution in [0.25, 0.3) is 0 Å². The monoisotopic (exact) mass is 154 g/mol. The summed E-state index contributed by atoms with van der Waals surface area (Å²) in [5, 5.41) is 9.18. The van der Waals surface area contributed by atoms with Gasteiger partial charge in [-0.25, -0.2) is 0 Å². The van der Waals surface area contributed by atoms with E-state index in [-0.39, 0.29) is 5.78 Å². The minimum Gasteiger partial charge on any atom is -0.389 e. The number of Topliss-reactive ketones (excluding diaryl/α,β-unsaturated/α-hetero) is 1. The summed E-state index contributed by atoms with van der Waals surface area (Å²) in [5.74, 6) is 0.123. The van der Waals surface area contributed by atoms with E-state index in [2.05, 4.69) is 0 Å². The van der Waals surface area contributed by atoms with Crippen LogP contribution in [0.15, 0.2) is 11.6 Å². The van der Waals surface area contributed by atoms with Crippen LogP contribution in [-0.4, -0.2) is 17.0 Å². The van der Waals surface area contributed by atoms with Gasteiger partial charge in [-0.05, 0) is 26.2 Å². The second-order valence-electron chi connectivity index (χ2n) is 3.00. The molecule has 0 spiro atoms. The lowest BCUT2D eigenvalue weighted by Crippen LogP contribution is -2.13. The van der Waals surface area contributed by atoms with Crippen LogP contribution in [-0.2, 0) is 4.79 Å². The van der Waals surface area contributed by atoms with E-state index in [0.717, 1.165) is 19.3 Å². The zero-order valence-electron chi connectivity index (χ0n) is 6.84. The summed E-state index contributed by atoms with van der Waals surface area (Å²) in [6, 6.07) is 0. The number of rotatable bonds is 1. The molecule has 0 aromatic rings. The van der Waals surface area contributed by atoms with Gasteiger partial charge in [0.15, 0.2) is 5.78 Å². The molecule has 1 aliphatic rings. The molecule has 0 unspecified atom stereocenters. The van der Waals surface area contributed by atoms with Crippen LogP contribution in [0.5, 0.6) is 0 Å². The molecule has 2 heteroatoms. The summed E-state index contributed by atoms with van der Waals surface area (Å²) in [6.07, 6.45) is 4.87. The van der Waals surface area contributed by atoms with Gasteiger partial charge in [-0.15, -0.1) is 0 Å². The summed E-state index contributed by atoms with van der Waals surface area (Å²) in [5.41, 5.74) is 0.613. The number of allylic oxidation sites excluding steroid dienone is 1. The fourth-order valence-electron chi connectivity index (χ4n) is 1.35. The molecule has 0 amide bonds. The Balaban J connectivity index is 2.71. The standard InChI is InChI=1S/C9H14O2/c1-7(10)8-5-3-2-4-6-9(8)11/h5,7,10H,2-4,6H2,1H3/t7-/m1/s1. The van der Waals surface area contributed by atoms with Crippen molar-refractivity contribution >= 4 is 5.78 Å². The summed E-state index contributed by atoms with van der Waals surface area (Å²) in [7, 11) is 0. The first-order valence-electron chi connectivity index (χ1n) is 4.13. The number of ketones is 1. The van der Waals surface area contributed by atoms with Crippen molar-refractivity contribution in [2.24, 2.45) is 0 Å². The van der Waals surface area contributed by atoms with Crippen molar-refractivity contribution in [2.45, 2.75) is 38.7 Å². The molecule has 2 nitrogen and oxygen atoms in total. The molecule has 11 heavy (non-hydrogen) atoms. The molecule has 0 heterocycles. The number of hydrogen-bond acceptors (Lipinski definition) is 2. The average molecular weight is 154 g/mol. The third kappa shape index (κ3) is 2.15. The topological polar surface area (TPSA) is 37.3 Å². The van der Waals surface area contributed by atoms with E-state index in [1.807, 2.05) is 6.08 Å². The second-order valence-corrected chi connectivity index (χ2v) is 3.00. The normalized spacial score (nSPS) is 22.4. The van der Waals surface area contributed by atoms with Gasteiger partial charge in [0.1, 0.15) is 0 Å². The lowest BCUT2D eigenvalue weighted by molar-refractivity contribution is -0.116. The lowest BCUT2D eigenvalue weighted by Gasteiger charge is -2.05. The van der Waals surface area contributed by atoms with Crippen LogP contribution in [0.4, 0.5) is 0 Å². The van der Waals surface area contributed by atoms with Crippen LogP contribution >= 0.6 is 0 Å². The van der Waals surface area contributed by atoms with Gasteiger partial charge in [-0.3, -0.25) is 4.79 Å². The Morgan fingerprint density at radius 3 is 2.91 bits per heavy atom. The molecular formula is C9H14O2. The van der Waals surface area contributed by atoms with Crippen LogP contribution in [0.1, 0.15) is 32.6 Å². The van der Waals surface area contributed by atoms with Crippen molar-refractivity contribution in [1.82, 2.24) is 0 Å². The number of aliphatic hydroxyl groups is 1. The van der Waals surface area contributed by atoms with E-state index in [1.165, 1.54) is 0 Å². The second kappa shape index (κ2) is 3.67. The van der Waals surface area contributed by atoms with Crippen molar-refractivity contribution < 1.29 is 9.90 Å². The Morgan fingerprint density at radius 1 is 1.55 bits per heavy atom. The molecule has 1 aliphatic carbocycles. The lowest BCUT2D eigenvalue weighted by atomic mass is 10.0. The highest BCUT2D eigenvalue weighted by Crippen LogP contribution is 2.16. The molecule has 0 radical (unpaired) electrons. The van der Waals surface area contributed by atoms with E-state index in [9.17, 15) is 9.90 Å². The molecule has 0 aromatic carbocycles. The van der Waals surface area contributed by atoms with E-state index in [1.54, 1.807) is 6.92 Å². The third-order valence-corrected chi connectivity index (χ3v) is 1.99. The Hall–Kier alpha value is -0.630. The third-order valence-electron chi connectivity index (χ3n) is 1.99. The van der Waals surface area contributed by atoms with E-state index in [4.69, 9.17) is 0 Å². The first-order chi connectivity index (χ1) is 5.22. The quantitative estimate of drug-likeness (QED) is 0.620. The SMILES string of the molecule is C[C@@H](O)C1=CCCCCC1=O. The number of carbonyl (C=O) groups is 1. The molecule has 1 atom stereocenters. The maximum atomic E-state index is 11.2. The van der Waals surface area contributed by atoms with Gasteiger partial charge in [0.25, 0.3) is 0 Å².